The van der Waals surface area contributed by atoms with E-state index in [1.54, 1.807) is 0 Å². The Labute approximate surface area is 123 Å². The molecular formula is C17H28N2O. The first-order valence-corrected chi connectivity index (χ1v) is 7.69. The van der Waals surface area contributed by atoms with Crippen LogP contribution in [0.2, 0.25) is 0 Å². The molecule has 2 rings (SSSR count). The molecule has 0 aromatic heterocycles. The monoisotopic (exact) mass is 276 g/mol. The van der Waals surface area contributed by atoms with Crippen LogP contribution in [0.25, 0.3) is 0 Å². The van der Waals surface area contributed by atoms with Gasteiger partial charge in [0.25, 0.3) is 0 Å². The van der Waals surface area contributed by atoms with Crippen molar-refractivity contribution in [2.75, 3.05) is 33.7 Å². The van der Waals surface area contributed by atoms with E-state index >= 15 is 0 Å². The number of aliphatic hydroxyl groups is 1. The van der Waals surface area contributed by atoms with Crippen LogP contribution in [0.5, 0.6) is 0 Å². The number of hydrogen-bond donors (Lipinski definition) is 1. The minimum Gasteiger partial charge on any atom is -0.387 e. The quantitative estimate of drug-likeness (QED) is 0.894. The summed E-state index contributed by atoms with van der Waals surface area (Å²) in [5, 5.41) is 10.5. The van der Waals surface area contributed by atoms with Crippen LogP contribution in [0, 0.1) is 5.92 Å². The van der Waals surface area contributed by atoms with Crippen molar-refractivity contribution in [3.63, 3.8) is 0 Å². The highest BCUT2D eigenvalue weighted by Gasteiger charge is 2.24. The first kappa shape index (κ1) is 15.5. The summed E-state index contributed by atoms with van der Waals surface area (Å²) >= 11 is 0. The van der Waals surface area contributed by atoms with Crippen molar-refractivity contribution in [2.24, 2.45) is 5.92 Å². The lowest BCUT2D eigenvalue weighted by Gasteiger charge is -2.35. The maximum atomic E-state index is 10.5. The van der Waals surface area contributed by atoms with E-state index in [0.717, 1.165) is 18.0 Å². The van der Waals surface area contributed by atoms with Crippen LogP contribution in [0.3, 0.4) is 0 Å². The van der Waals surface area contributed by atoms with Crippen molar-refractivity contribution >= 4 is 0 Å². The van der Waals surface area contributed by atoms with Gasteiger partial charge in [-0.1, -0.05) is 30.3 Å². The Hall–Kier alpha value is -0.900. The van der Waals surface area contributed by atoms with Gasteiger partial charge in [0.05, 0.1) is 6.10 Å². The molecule has 3 nitrogen and oxygen atoms in total. The molecule has 1 aromatic carbocycles. The topological polar surface area (TPSA) is 26.7 Å². The van der Waals surface area contributed by atoms with Gasteiger partial charge in [0.1, 0.15) is 0 Å². The first-order chi connectivity index (χ1) is 9.58. The van der Waals surface area contributed by atoms with E-state index in [4.69, 9.17) is 0 Å². The molecule has 1 saturated heterocycles. The number of likely N-dealkylation sites (tertiary alicyclic amines) is 1. The molecular weight excluding hydrogens is 248 g/mol. The molecule has 0 amide bonds. The van der Waals surface area contributed by atoms with Crippen molar-refractivity contribution < 1.29 is 5.11 Å². The number of nitrogens with zero attached hydrogens (tertiary/aromatic N) is 2. The zero-order valence-electron chi connectivity index (χ0n) is 13.0. The maximum absolute atomic E-state index is 10.5. The third-order valence-electron chi connectivity index (χ3n) is 4.68. The number of piperidine rings is 1. The summed E-state index contributed by atoms with van der Waals surface area (Å²) in [5.74, 6) is 0.765. The Morgan fingerprint density at radius 1 is 1.25 bits per heavy atom. The largest absolute Gasteiger partial charge is 0.387 e. The number of likely N-dealkylation sites (N-methyl/N-ethyl adjacent to an activating group) is 1. The number of hydrogen-bond acceptors (Lipinski definition) is 3. The van der Waals surface area contributed by atoms with Gasteiger partial charge < -0.3 is 14.9 Å². The normalized spacial score (nSPS) is 21.1. The molecule has 1 N–H and O–H groups in total. The fourth-order valence-electron chi connectivity index (χ4n) is 2.99. The average Bonchev–Trinajstić information content (AvgIpc) is 2.49. The van der Waals surface area contributed by atoms with Gasteiger partial charge in [-0.25, -0.2) is 0 Å². The van der Waals surface area contributed by atoms with Crippen LogP contribution in [-0.2, 0) is 0 Å². The van der Waals surface area contributed by atoms with E-state index in [9.17, 15) is 5.11 Å². The minimum absolute atomic E-state index is 0.150. The van der Waals surface area contributed by atoms with Gasteiger partial charge in [-0.2, -0.15) is 0 Å². The lowest BCUT2D eigenvalue weighted by Crippen LogP contribution is -2.41. The summed E-state index contributed by atoms with van der Waals surface area (Å²) in [6.45, 7) is 5.60. The Bertz CT molecular complexity index is 387. The van der Waals surface area contributed by atoms with Gasteiger partial charge in [0.15, 0.2) is 0 Å². The Morgan fingerprint density at radius 3 is 2.45 bits per heavy atom. The lowest BCUT2D eigenvalue weighted by atomic mass is 9.95. The van der Waals surface area contributed by atoms with E-state index in [1.807, 2.05) is 30.3 Å². The Morgan fingerprint density at radius 2 is 1.85 bits per heavy atom. The summed E-state index contributed by atoms with van der Waals surface area (Å²) in [7, 11) is 4.33. The standard InChI is InChI=1S/C17H28N2O/c1-14(17(20)16-7-5-4-6-8-16)19(3)13-15-9-11-18(2)12-10-15/h4-8,14-15,17,20H,9-13H2,1-3H3. The van der Waals surface area contributed by atoms with Gasteiger partial charge in [-0.05, 0) is 58.4 Å². The highest BCUT2D eigenvalue weighted by molar-refractivity contribution is 5.18. The smallest absolute Gasteiger partial charge is 0.0942 e. The molecule has 1 aliphatic heterocycles. The van der Waals surface area contributed by atoms with Gasteiger partial charge in [0.2, 0.25) is 0 Å². The van der Waals surface area contributed by atoms with Gasteiger partial charge in [-0.3, -0.25) is 0 Å². The fraction of sp³-hybridized carbons (Fsp3) is 0.647. The molecule has 0 saturated carbocycles. The van der Waals surface area contributed by atoms with Gasteiger partial charge in [0, 0.05) is 12.6 Å². The Kier molecular flexibility index (Phi) is 5.58. The summed E-state index contributed by atoms with van der Waals surface area (Å²) in [6, 6.07) is 10.1. The van der Waals surface area contributed by atoms with Crippen molar-refractivity contribution in [3.8, 4) is 0 Å². The molecule has 2 unspecified atom stereocenters. The van der Waals surface area contributed by atoms with Crippen molar-refractivity contribution in [3.05, 3.63) is 35.9 Å². The van der Waals surface area contributed by atoms with Crippen molar-refractivity contribution in [2.45, 2.75) is 31.9 Å². The molecule has 20 heavy (non-hydrogen) atoms. The van der Waals surface area contributed by atoms with E-state index < -0.39 is 6.10 Å². The third-order valence-corrected chi connectivity index (χ3v) is 4.68. The zero-order chi connectivity index (χ0) is 14.5. The second kappa shape index (κ2) is 7.21. The van der Waals surface area contributed by atoms with E-state index in [1.165, 1.54) is 25.9 Å². The number of benzene rings is 1. The molecule has 0 spiro atoms. The van der Waals surface area contributed by atoms with Crippen LogP contribution in [0.4, 0.5) is 0 Å². The predicted molar refractivity (Wildman–Crippen MR) is 83.7 cm³/mol. The number of rotatable bonds is 5. The summed E-state index contributed by atoms with van der Waals surface area (Å²) < 4.78 is 0. The van der Waals surface area contributed by atoms with Gasteiger partial charge >= 0.3 is 0 Å². The van der Waals surface area contributed by atoms with E-state index in [0.29, 0.717) is 0 Å². The molecule has 2 atom stereocenters. The summed E-state index contributed by atoms with van der Waals surface area (Å²) in [5.41, 5.74) is 1.01. The van der Waals surface area contributed by atoms with Crippen LogP contribution in [0.1, 0.15) is 31.4 Å². The Balaban J connectivity index is 1.87. The predicted octanol–water partition coefficient (Wildman–Crippen LogP) is 2.38. The SMILES string of the molecule is CC(C(O)c1ccccc1)N(C)CC1CCN(C)CC1. The molecule has 112 valence electrons. The van der Waals surface area contributed by atoms with Crippen LogP contribution < -0.4 is 0 Å². The molecule has 0 aliphatic carbocycles. The van der Waals surface area contributed by atoms with Crippen molar-refractivity contribution in [1.82, 2.24) is 9.80 Å². The lowest BCUT2D eigenvalue weighted by molar-refractivity contribution is 0.0566. The molecule has 0 radical (unpaired) electrons. The molecule has 1 aliphatic rings. The zero-order valence-corrected chi connectivity index (χ0v) is 13.0. The van der Waals surface area contributed by atoms with E-state index in [2.05, 4.69) is 30.8 Å². The molecule has 3 heteroatoms. The average molecular weight is 276 g/mol. The van der Waals surface area contributed by atoms with Crippen molar-refractivity contribution in [1.29, 1.82) is 0 Å². The van der Waals surface area contributed by atoms with Crippen LogP contribution in [-0.4, -0.2) is 54.7 Å². The molecule has 1 fully saturated rings. The van der Waals surface area contributed by atoms with Crippen LogP contribution >= 0.6 is 0 Å². The summed E-state index contributed by atoms with van der Waals surface area (Å²) in [4.78, 5) is 4.71. The third kappa shape index (κ3) is 4.05. The van der Waals surface area contributed by atoms with E-state index in [-0.39, 0.29) is 6.04 Å². The fourth-order valence-corrected chi connectivity index (χ4v) is 2.99. The highest BCUT2D eigenvalue weighted by atomic mass is 16.3. The second-order valence-electron chi connectivity index (χ2n) is 6.28. The molecule has 1 aromatic rings. The first-order valence-electron chi connectivity index (χ1n) is 7.69. The maximum Gasteiger partial charge on any atom is 0.0942 e. The van der Waals surface area contributed by atoms with Crippen LogP contribution in [0.15, 0.2) is 30.3 Å². The molecule has 1 heterocycles. The second-order valence-corrected chi connectivity index (χ2v) is 6.28. The highest BCUT2D eigenvalue weighted by Crippen LogP contribution is 2.23. The molecule has 0 bridgehead atoms. The summed E-state index contributed by atoms with van der Waals surface area (Å²) in [6.07, 6.45) is 2.14. The number of aliphatic hydroxyl groups excluding tert-OH is 1. The van der Waals surface area contributed by atoms with Gasteiger partial charge in [-0.15, -0.1) is 0 Å². The minimum atomic E-state index is -0.410.